The van der Waals surface area contributed by atoms with E-state index in [-0.39, 0.29) is 0 Å². The van der Waals surface area contributed by atoms with E-state index in [1.54, 1.807) is 12.1 Å². The number of aryl methyl sites for hydroxylation is 3. The molecule has 0 aromatic heterocycles. The molecule has 0 aliphatic heterocycles. The van der Waals surface area contributed by atoms with Crippen LogP contribution in [0.1, 0.15) is 16.7 Å². The SMILES string of the molecule is Cc1ccc(C)c(NC(=O)C(=O)Nc2ccc(Br)c(C)c2)c1. The highest BCUT2D eigenvalue weighted by molar-refractivity contribution is 9.10. The van der Waals surface area contributed by atoms with Crippen molar-refractivity contribution in [2.45, 2.75) is 20.8 Å². The van der Waals surface area contributed by atoms with Crippen LogP contribution < -0.4 is 10.6 Å². The van der Waals surface area contributed by atoms with Crippen LogP contribution in [0.25, 0.3) is 0 Å². The largest absolute Gasteiger partial charge is 0.318 e. The molecule has 0 unspecified atom stereocenters. The number of benzene rings is 2. The molecule has 0 saturated carbocycles. The normalized spacial score (nSPS) is 10.2. The summed E-state index contributed by atoms with van der Waals surface area (Å²) in [5.74, 6) is -1.38. The summed E-state index contributed by atoms with van der Waals surface area (Å²) < 4.78 is 0.949. The van der Waals surface area contributed by atoms with Gasteiger partial charge in [-0.15, -0.1) is 0 Å². The van der Waals surface area contributed by atoms with Crippen LogP contribution in [0.15, 0.2) is 40.9 Å². The molecule has 2 aromatic carbocycles. The molecule has 0 fully saturated rings. The molecule has 0 spiro atoms. The first-order valence-electron chi connectivity index (χ1n) is 6.82. The highest BCUT2D eigenvalue weighted by Gasteiger charge is 2.15. The molecular weight excluding hydrogens is 344 g/mol. The molecule has 2 amide bonds. The van der Waals surface area contributed by atoms with Crippen molar-refractivity contribution in [2.75, 3.05) is 10.6 Å². The van der Waals surface area contributed by atoms with E-state index in [2.05, 4.69) is 26.6 Å². The van der Waals surface area contributed by atoms with Crippen LogP contribution in [-0.2, 0) is 9.59 Å². The van der Waals surface area contributed by atoms with Gasteiger partial charge in [-0.1, -0.05) is 28.1 Å². The van der Waals surface area contributed by atoms with Crippen LogP contribution in [0, 0.1) is 20.8 Å². The number of rotatable bonds is 2. The Labute approximate surface area is 138 Å². The lowest BCUT2D eigenvalue weighted by molar-refractivity contribution is -0.133. The van der Waals surface area contributed by atoms with Crippen molar-refractivity contribution in [2.24, 2.45) is 0 Å². The summed E-state index contributed by atoms with van der Waals surface area (Å²) in [6.07, 6.45) is 0. The third-order valence-corrected chi connectivity index (χ3v) is 4.15. The van der Waals surface area contributed by atoms with Gasteiger partial charge in [-0.25, -0.2) is 0 Å². The van der Waals surface area contributed by atoms with Crippen LogP contribution in [-0.4, -0.2) is 11.8 Å². The Hall–Kier alpha value is -2.14. The maximum absolute atomic E-state index is 12.0. The number of hydrogen-bond acceptors (Lipinski definition) is 2. The maximum atomic E-state index is 12.0. The number of carbonyl (C=O) groups excluding carboxylic acids is 2. The molecular formula is C17H17BrN2O2. The number of anilines is 2. The predicted molar refractivity (Wildman–Crippen MR) is 92.1 cm³/mol. The Balaban J connectivity index is 2.07. The fourth-order valence-corrected chi connectivity index (χ4v) is 2.21. The number of halogens is 1. The summed E-state index contributed by atoms with van der Waals surface area (Å²) in [5.41, 5.74) is 4.14. The van der Waals surface area contributed by atoms with Crippen molar-refractivity contribution in [3.63, 3.8) is 0 Å². The van der Waals surface area contributed by atoms with E-state index >= 15 is 0 Å². The Kier molecular flexibility index (Phi) is 4.98. The number of nitrogens with one attached hydrogen (secondary N) is 2. The molecule has 0 aliphatic rings. The number of hydrogen-bond donors (Lipinski definition) is 2. The van der Waals surface area contributed by atoms with E-state index < -0.39 is 11.8 Å². The van der Waals surface area contributed by atoms with Crippen molar-refractivity contribution < 1.29 is 9.59 Å². The minimum absolute atomic E-state index is 0.585. The third kappa shape index (κ3) is 3.95. The molecule has 4 nitrogen and oxygen atoms in total. The second-order valence-electron chi connectivity index (χ2n) is 5.19. The zero-order chi connectivity index (χ0) is 16.3. The van der Waals surface area contributed by atoms with Crippen molar-refractivity contribution in [3.05, 3.63) is 57.6 Å². The molecule has 0 bridgehead atoms. The zero-order valence-corrected chi connectivity index (χ0v) is 14.2. The van der Waals surface area contributed by atoms with Gasteiger partial charge in [-0.3, -0.25) is 9.59 Å². The molecule has 2 aromatic rings. The molecule has 114 valence electrons. The predicted octanol–water partition coefficient (Wildman–Crippen LogP) is 3.95. The van der Waals surface area contributed by atoms with Gasteiger partial charge in [0.1, 0.15) is 0 Å². The highest BCUT2D eigenvalue weighted by Crippen LogP contribution is 2.20. The third-order valence-electron chi connectivity index (χ3n) is 3.26. The minimum atomic E-state index is -0.692. The van der Waals surface area contributed by atoms with Crippen LogP contribution in [0.4, 0.5) is 11.4 Å². The van der Waals surface area contributed by atoms with Gasteiger partial charge in [-0.05, 0) is 61.7 Å². The van der Waals surface area contributed by atoms with E-state index in [9.17, 15) is 9.59 Å². The van der Waals surface area contributed by atoms with Gasteiger partial charge >= 0.3 is 11.8 Å². The zero-order valence-electron chi connectivity index (χ0n) is 12.7. The molecule has 2 rings (SSSR count). The Morgan fingerprint density at radius 3 is 2.23 bits per heavy atom. The lowest BCUT2D eigenvalue weighted by Gasteiger charge is -2.10. The quantitative estimate of drug-likeness (QED) is 0.796. The maximum Gasteiger partial charge on any atom is 0.314 e. The molecule has 0 saturated heterocycles. The molecule has 5 heteroatoms. The topological polar surface area (TPSA) is 58.2 Å². The second-order valence-corrected chi connectivity index (χ2v) is 6.04. The number of amides is 2. The van der Waals surface area contributed by atoms with Gasteiger partial charge in [0.15, 0.2) is 0 Å². The fourth-order valence-electron chi connectivity index (χ4n) is 1.96. The number of carbonyl (C=O) groups is 2. The van der Waals surface area contributed by atoms with Crippen LogP contribution in [0.2, 0.25) is 0 Å². The minimum Gasteiger partial charge on any atom is -0.318 e. The summed E-state index contributed by atoms with van der Waals surface area (Å²) in [5, 5.41) is 5.23. The molecule has 0 atom stereocenters. The lowest BCUT2D eigenvalue weighted by Crippen LogP contribution is -2.29. The average Bonchev–Trinajstić information content (AvgIpc) is 2.46. The van der Waals surface area contributed by atoms with Gasteiger partial charge in [0.2, 0.25) is 0 Å². The molecule has 2 N–H and O–H groups in total. The van der Waals surface area contributed by atoms with Crippen LogP contribution in [0.5, 0.6) is 0 Å². The average molecular weight is 361 g/mol. The highest BCUT2D eigenvalue weighted by atomic mass is 79.9. The van der Waals surface area contributed by atoms with E-state index in [4.69, 9.17) is 0 Å². The van der Waals surface area contributed by atoms with E-state index in [0.717, 1.165) is 21.2 Å². The van der Waals surface area contributed by atoms with Crippen molar-refractivity contribution in [1.82, 2.24) is 0 Å². The molecule has 0 radical (unpaired) electrons. The van der Waals surface area contributed by atoms with Crippen molar-refractivity contribution in [1.29, 1.82) is 0 Å². The first-order chi connectivity index (χ1) is 10.4. The van der Waals surface area contributed by atoms with Crippen molar-refractivity contribution >= 4 is 39.1 Å². The Morgan fingerprint density at radius 1 is 0.864 bits per heavy atom. The summed E-state index contributed by atoms with van der Waals surface area (Å²) in [4.78, 5) is 24.0. The van der Waals surface area contributed by atoms with E-state index in [1.165, 1.54) is 0 Å². The molecule has 0 heterocycles. The van der Waals surface area contributed by atoms with E-state index in [0.29, 0.717) is 11.4 Å². The van der Waals surface area contributed by atoms with Gasteiger partial charge in [0, 0.05) is 15.8 Å². The monoisotopic (exact) mass is 360 g/mol. The molecule has 22 heavy (non-hydrogen) atoms. The van der Waals surface area contributed by atoms with Crippen LogP contribution >= 0.6 is 15.9 Å². The first kappa shape index (κ1) is 16.2. The van der Waals surface area contributed by atoms with E-state index in [1.807, 2.05) is 45.0 Å². The van der Waals surface area contributed by atoms with Gasteiger partial charge in [0.25, 0.3) is 0 Å². The van der Waals surface area contributed by atoms with Gasteiger partial charge < -0.3 is 10.6 Å². The van der Waals surface area contributed by atoms with Gasteiger partial charge in [-0.2, -0.15) is 0 Å². The Bertz CT molecular complexity index is 741. The Morgan fingerprint density at radius 2 is 1.55 bits per heavy atom. The standard InChI is InChI=1S/C17H17BrN2O2/c1-10-4-5-11(2)15(8-10)20-17(22)16(21)19-13-6-7-14(18)12(3)9-13/h4-9H,1-3H3,(H,19,21)(H,20,22). The first-order valence-corrected chi connectivity index (χ1v) is 7.62. The van der Waals surface area contributed by atoms with Crippen molar-refractivity contribution in [3.8, 4) is 0 Å². The summed E-state index contributed by atoms with van der Waals surface area (Å²) in [6.45, 7) is 5.72. The second kappa shape index (κ2) is 6.75. The summed E-state index contributed by atoms with van der Waals surface area (Å²) in [6, 6.07) is 11.1. The summed E-state index contributed by atoms with van der Waals surface area (Å²) >= 11 is 3.39. The fraction of sp³-hybridized carbons (Fsp3) is 0.176. The summed E-state index contributed by atoms with van der Waals surface area (Å²) in [7, 11) is 0. The van der Waals surface area contributed by atoms with Gasteiger partial charge in [0.05, 0.1) is 0 Å². The molecule has 0 aliphatic carbocycles. The lowest BCUT2D eigenvalue weighted by atomic mass is 10.1. The smallest absolute Gasteiger partial charge is 0.314 e. The van der Waals surface area contributed by atoms with Crippen LogP contribution in [0.3, 0.4) is 0 Å².